The van der Waals surface area contributed by atoms with Crippen LogP contribution in [-0.4, -0.2) is 0 Å². The van der Waals surface area contributed by atoms with Crippen LogP contribution in [0.5, 0.6) is 5.75 Å². The lowest BCUT2D eigenvalue weighted by Gasteiger charge is -2.12. The predicted molar refractivity (Wildman–Crippen MR) is 88.2 cm³/mol. The second kappa shape index (κ2) is 7.02. The average Bonchev–Trinajstić information content (AvgIpc) is 2.36. The van der Waals surface area contributed by atoms with Gasteiger partial charge in [0.25, 0.3) is 0 Å². The van der Waals surface area contributed by atoms with Crippen LogP contribution in [0.3, 0.4) is 0 Å². The summed E-state index contributed by atoms with van der Waals surface area (Å²) in [6.07, 6.45) is 0. The highest BCUT2D eigenvalue weighted by Gasteiger charge is 2.09. The number of hydrogen-bond acceptors (Lipinski definition) is 2. The highest BCUT2D eigenvalue weighted by molar-refractivity contribution is 9.11. The summed E-state index contributed by atoms with van der Waals surface area (Å²) in [5, 5.41) is 0. The van der Waals surface area contributed by atoms with E-state index in [0.29, 0.717) is 16.8 Å². The highest BCUT2D eigenvalue weighted by atomic mass is 79.9. The SMILES string of the molecule is NCc1cc(Br)c(OCc2cc(F)cc(Br)c2)c(Br)c1. The van der Waals surface area contributed by atoms with Crippen LogP contribution in [0.2, 0.25) is 0 Å². The Bertz CT molecular complexity index is 591. The smallest absolute Gasteiger partial charge is 0.148 e. The Kier molecular flexibility index (Phi) is 5.60. The van der Waals surface area contributed by atoms with Crippen LogP contribution in [-0.2, 0) is 13.2 Å². The number of nitrogens with two attached hydrogens (primary N) is 1. The molecule has 2 rings (SSSR count). The Morgan fingerprint density at radius 2 is 1.60 bits per heavy atom. The van der Waals surface area contributed by atoms with Gasteiger partial charge in [0.1, 0.15) is 18.2 Å². The molecule has 6 heteroatoms. The minimum Gasteiger partial charge on any atom is -0.487 e. The standard InChI is InChI=1S/C14H11Br3FNO/c15-10-1-9(2-11(18)5-10)7-20-14-12(16)3-8(6-19)4-13(14)17/h1-5H,6-7,19H2. The summed E-state index contributed by atoms with van der Waals surface area (Å²) in [5.74, 6) is 0.372. The molecule has 0 saturated carbocycles. The van der Waals surface area contributed by atoms with Crippen LogP contribution in [0.15, 0.2) is 43.7 Å². The first-order valence-corrected chi connectivity index (χ1v) is 8.13. The number of halogens is 4. The van der Waals surface area contributed by atoms with E-state index in [9.17, 15) is 4.39 Å². The van der Waals surface area contributed by atoms with E-state index in [-0.39, 0.29) is 12.4 Å². The quantitative estimate of drug-likeness (QED) is 0.674. The summed E-state index contributed by atoms with van der Waals surface area (Å²) in [7, 11) is 0. The van der Waals surface area contributed by atoms with E-state index in [1.807, 2.05) is 18.2 Å². The van der Waals surface area contributed by atoms with Gasteiger partial charge >= 0.3 is 0 Å². The zero-order valence-corrected chi connectivity index (χ0v) is 15.1. The Balaban J connectivity index is 2.18. The third-order valence-electron chi connectivity index (χ3n) is 2.60. The normalized spacial score (nSPS) is 10.7. The molecule has 106 valence electrons. The molecule has 0 saturated heterocycles. The topological polar surface area (TPSA) is 35.2 Å². The number of benzene rings is 2. The van der Waals surface area contributed by atoms with Crippen LogP contribution in [0, 0.1) is 5.82 Å². The van der Waals surface area contributed by atoms with Gasteiger partial charge in [0, 0.05) is 11.0 Å². The molecule has 20 heavy (non-hydrogen) atoms. The Hall–Kier alpha value is -0.430. The van der Waals surface area contributed by atoms with Crippen molar-refractivity contribution in [2.45, 2.75) is 13.2 Å². The Morgan fingerprint density at radius 1 is 0.950 bits per heavy atom. The van der Waals surface area contributed by atoms with Crippen LogP contribution in [0.4, 0.5) is 4.39 Å². The molecule has 0 heterocycles. The summed E-state index contributed by atoms with van der Waals surface area (Å²) in [6, 6.07) is 8.48. The summed E-state index contributed by atoms with van der Waals surface area (Å²) >= 11 is 10.2. The van der Waals surface area contributed by atoms with Gasteiger partial charge in [-0.15, -0.1) is 0 Å². The fourth-order valence-corrected chi connectivity index (χ4v) is 3.74. The molecule has 2 aromatic carbocycles. The van der Waals surface area contributed by atoms with Gasteiger partial charge < -0.3 is 10.5 Å². The van der Waals surface area contributed by atoms with Gasteiger partial charge in [-0.25, -0.2) is 4.39 Å². The van der Waals surface area contributed by atoms with Crippen molar-refractivity contribution < 1.29 is 9.13 Å². The fraction of sp³-hybridized carbons (Fsp3) is 0.143. The first-order chi connectivity index (χ1) is 9.49. The largest absolute Gasteiger partial charge is 0.487 e. The van der Waals surface area contributed by atoms with E-state index in [2.05, 4.69) is 47.8 Å². The third-order valence-corrected chi connectivity index (χ3v) is 4.24. The molecule has 0 atom stereocenters. The van der Waals surface area contributed by atoms with Gasteiger partial charge in [-0.2, -0.15) is 0 Å². The van der Waals surface area contributed by atoms with Crippen LogP contribution < -0.4 is 10.5 Å². The summed E-state index contributed by atoms with van der Waals surface area (Å²) in [6.45, 7) is 0.726. The van der Waals surface area contributed by atoms with Crippen molar-refractivity contribution in [2.75, 3.05) is 0 Å². The molecule has 0 aliphatic rings. The summed E-state index contributed by atoms with van der Waals surface area (Å²) < 4.78 is 21.3. The van der Waals surface area contributed by atoms with Crippen molar-refractivity contribution in [3.05, 3.63) is 60.7 Å². The minimum atomic E-state index is -0.297. The minimum absolute atomic E-state index is 0.273. The van der Waals surface area contributed by atoms with E-state index >= 15 is 0 Å². The van der Waals surface area contributed by atoms with E-state index in [1.54, 1.807) is 0 Å². The molecule has 0 radical (unpaired) electrons. The van der Waals surface area contributed by atoms with Gasteiger partial charge in [0.05, 0.1) is 8.95 Å². The molecule has 0 bridgehead atoms. The molecule has 2 nitrogen and oxygen atoms in total. The van der Waals surface area contributed by atoms with Gasteiger partial charge in [0.2, 0.25) is 0 Å². The third kappa shape index (κ3) is 4.04. The first-order valence-electron chi connectivity index (χ1n) is 5.75. The van der Waals surface area contributed by atoms with Crippen molar-refractivity contribution in [2.24, 2.45) is 5.73 Å². The van der Waals surface area contributed by atoms with Crippen LogP contribution in [0.1, 0.15) is 11.1 Å². The van der Waals surface area contributed by atoms with Gasteiger partial charge in [0.15, 0.2) is 0 Å². The molecular formula is C14H11Br3FNO. The molecule has 2 aromatic rings. The second-order valence-electron chi connectivity index (χ2n) is 4.16. The van der Waals surface area contributed by atoms with Crippen molar-refractivity contribution in [3.63, 3.8) is 0 Å². The lowest BCUT2D eigenvalue weighted by molar-refractivity contribution is 0.301. The van der Waals surface area contributed by atoms with Crippen LogP contribution in [0.25, 0.3) is 0 Å². The predicted octanol–water partition coefficient (Wildman–Crippen LogP) is 5.15. The van der Waals surface area contributed by atoms with Gasteiger partial charge in [-0.1, -0.05) is 15.9 Å². The number of hydrogen-bond donors (Lipinski definition) is 1. The second-order valence-corrected chi connectivity index (χ2v) is 6.78. The Labute approximate surface area is 141 Å². The van der Waals surface area contributed by atoms with Crippen molar-refractivity contribution >= 4 is 47.8 Å². The molecule has 0 fully saturated rings. The zero-order chi connectivity index (χ0) is 14.7. The molecule has 0 spiro atoms. The summed E-state index contributed by atoms with van der Waals surface area (Å²) in [4.78, 5) is 0. The molecular weight excluding hydrogens is 457 g/mol. The van der Waals surface area contributed by atoms with Crippen molar-refractivity contribution in [1.29, 1.82) is 0 Å². The molecule has 0 aliphatic carbocycles. The molecule has 0 unspecified atom stereocenters. The molecule has 0 amide bonds. The number of rotatable bonds is 4. The van der Waals surface area contributed by atoms with Gasteiger partial charge in [-0.3, -0.25) is 0 Å². The van der Waals surface area contributed by atoms with E-state index in [1.165, 1.54) is 12.1 Å². The maximum atomic E-state index is 13.3. The van der Waals surface area contributed by atoms with Crippen molar-refractivity contribution in [1.82, 2.24) is 0 Å². The highest BCUT2D eigenvalue weighted by Crippen LogP contribution is 2.35. The van der Waals surface area contributed by atoms with Crippen LogP contribution >= 0.6 is 47.8 Å². The average molecular weight is 468 g/mol. The molecule has 0 aliphatic heterocycles. The summed E-state index contributed by atoms with van der Waals surface area (Å²) in [5.41, 5.74) is 7.35. The maximum absolute atomic E-state index is 13.3. The van der Waals surface area contributed by atoms with E-state index < -0.39 is 0 Å². The molecule has 2 N–H and O–H groups in total. The lowest BCUT2D eigenvalue weighted by Crippen LogP contribution is -2.00. The fourth-order valence-electron chi connectivity index (χ4n) is 1.72. The van der Waals surface area contributed by atoms with Crippen molar-refractivity contribution in [3.8, 4) is 5.75 Å². The molecule has 0 aromatic heterocycles. The van der Waals surface area contributed by atoms with E-state index in [4.69, 9.17) is 10.5 Å². The Morgan fingerprint density at radius 3 is 2.15 bits per heavy atom. The maximum Gasteiger partial charge on any atom is 0.148 e. The monoisotopic (exact) mass is 465 g/mol. The van der Waals surface area contributed by atoms with E-state index in [0.717, 1.165) is 20.1 Å². The zero-order valence-electron chi connectivity index (χ0n) is 10.3. The lowest BCUT2D eigenvalue weighted by atomic mass is 10.2. The number of ether oxygens (including phenoxy) is 1. The first kappa shape index (κ1) is 15.9. The van der Waals surface area contributed by atoms with Gasteiger partial charge in [-0.05, 0) is 73.3 Å².